The Hall–Kier alpha value is -1.57. The maximum atomic E-state index is 12.2. The van der Waals surface area contributed by atoms with Crippen molar-refractivity contribution in [3.63, 3.8) is 0 Å². The van der Waals surface area contributed by atoms with Crippen molar-refractivity contribution in [1.29, 1.82) is 0 Å². The minimum absolute atomic E-state index is 0.131. The molecule has 0 saturated heterocycles. The molecule has 0 saturated carbocycles. The zero-order valence-corrected chi connectivity index (χ0v) is 14.1. The lowest BCUT2D eigenvalue weighted by Crippen LogP contribution is -2.22. The highest BCUT2D eigenvalue weighted by atomic mass is 35.5. The second-order valence-corrected chi connectivity index (χ2v) is 6.13. The lowest BCUT2D eigenvalue weighted by atomic mass is 10.2. The molecule has 22 heavy (non-hydrogen) atoms. The fourth-order valence-corrected chi connectivity index (χ4v) is 2.70. The number of hydrogen-bond donors (Lipinski definition) is 0. The summed E-state index contributed by atoms with van der Waals surface area (Å²) in [7, 11) is 0. The van der Waals surface area contributed by atoms with Crippen LogP contribution in [-0.2, 0) is 6.54 Å². The van der Waals surface area contributed by atoms with Crippen molar-refractivity contribution >= 4 is 40.7 Å². The standard InChI is InChI=1S/C13H11Cl2N5OS/c1-7-10(15)11(21)20-13(17-12(18-20)22-2)19(7)6-8-3-4-9(14)16-5-8/h3-5H,6H2,1-2H3. The molecule has 0 aromatic carbocycles. The second kappa shape index (κ2) is 5.91. The molecule has 0 aliphatic heterocycles. The van der Waals surface area contributed by atoms with E-state index in [2.05, 4.69) is 15.1 Å². The molecule has 0 N–H and O–H groups in total. The van der Waals surface area contributed by atoms with Crippen LogP contribution in [-0.4, -0.2) is 30.4 Å². The van der Waals surface area contributed by atoms with Gasteiger partial charge in [0.05, 0.1) is 6.54 Å². The SMILES string of the molecule is CSc1nc2n(Cc3ccc(Cl)nc3)c(C)c(Cl)c(=O)n2n1. The molecular weight excluding hydrogens is 345 g/mol. The summed E-state index contributed by atoms with van der Waals surface area (Å²) in [6.45, 7) is 2.24. The van der Waals surface area contributed by atoms with E-state index in [-0.39, 0.29) is 10.6 Å². The monoisotopic (exact) mass is 355 g/mol. The van der Waals surface area contributed by atoms with Crippen molar-refractivity contribution < 1.29 is 0 Å². The summed E-state index contributed by atoms with van der Waals surface area (Å²) in [4.78, 5) is 20.6. The van der Waals surface area contributed by atoms with Crippen molar-refractivity contribution in [2.24, 2.45) is 0 Å². The smallest absolute Gasteiger partial charge is 0.294 e. The number of aromatic nitrogens is 5. The summed E-state index contributed by atoms with van der Waals surface area (Å²) in [6, 6.07) is 3.58. The largest absolute Gasteiger partial charge is 0.308 e. The summed E-state index contributed by atoms with van der Waals surface area (Å²) >= 11 is 13.3. The number of halogens is 2. The fraction of sp³-hybridized carbons (Fsp3) is 0.231. The minimum Gasteiger partial charge on any atom is -0.308 e. The molecule has 0 aliphatic carbocycles. The summed E-state index contributed by atoms with van der Waals surface area (Å²) in [6.07, 6.45) is 3.53. The average molecular weight is 356 g/mol. The van der Waals surface area contributed by atoms with Crippen molar-refractivity contribution in [2.45, 2.75) is 18.6 Å². The first kappa shape index (κ1) is 15.3. The molecule has 3 heterocycles. The van der Waals surface area contributed by atoms with Gasteiger partial charge in [-0.25, -0.2) is 4.98 Å². The van der Waals surface area contributed by atoms with E-state index in [1.165, 1.54) is 16.3 Å². The lowest BCUT2D eigenvalue weighted by molar-refractivity contribution is 0.728. The van der Waals surface area contributed by atoms with E-state index in [0.29, 0.717) is 28.3 Å². The maximum absolute atomic E-state index is 12.2. The Morgan fingerprint density at radius 1 is 1.32 bits per heavy atom. The Labute approximate surface area is 140 Å². The number of rotatable bonds is 3. The third kappa shape index (κ3) is 2.60. The van der Waals surface area contributed by atoms with Crippen LogP contribution in [0.4, 0.5) is 0 Å². The molecule has 0 radical (unpaired) electrons. The normalized spacial score (nSPS) is 11.3. The average Bonchev–Trinajstić information content (AvgIpc) is 2.95. The zero-order valence-electron chi connectivity index (χ0n) is 11.7. The predicted molar refractivity (Wildman–Crippen MR) is 87.1 cm³/mol. The van der Waals surface area contributed by atoms with Gasteiger partial charge in [0.15, 0.2) is 0 Å². The van der Waals surface area contributed by atoms with E-state index in [1.807, 2.05) is 16.9 Å². The van der Waals surface area contributed by atoms with Crippen molar-refractivity contribution in [1.82, 2.24) is 24.1 Å². The van der Waals surface area contributed by atoms with Gasteiger partial charge in [-0.05, 0) is 24.8 Å². The Balaban J connectivity index is 2.21. The second-order valence-electron chi connectivity index (χ2n) is 4.59. The summed E-state index contributed by atoms with van der Waals surface area (Å²) in [5.74, 6) is 0.450. The number of hydrogen-bond acceptors (Lipinski definition) is 5. The molecular formula is C13H11Cl2N5OS. The summed E-state index contributed by atoms with van der Waals surface area (Å²) in [5.41, 5.74) is 1.18. The van der Waals surface area contributed by atoms with Gasteiger partial charge in [-0.1, -0.05) is 41.0 Å². The Kier molecular flexibility index (Phi) is 4.12. The van der Waals surface area contributed by atoms with Crippen molar-refractivity contribution in [3.05, 3.63) is 50.1 Å². The molecule has 9 heteroatoms. The summed E-state index contributed by atoms with van der Waals surface area (Å²) in [5, 5.41) is 5.24. The van der Waals surface area contributed by atoms with Crippen LogP contribution in [0.1, 0.15) is 11.3 Å². The first-order chi connectivity index (χ1) is 10.5. The molecule has 0 spiro atoms. The van der Waals surface area contributed by atoms with Gasteiger partial charge in [0.1, 0.15) is 10.2 Å². The van der Waals surface area contributed by atoms with Crippen LogP contribution in [0.5, 0.6) is 0 Å². The van der Waals surface area contributed by atoms with Gasteiger partial charge in [0.2, 0.25) is 10.9 Å². The van der Waals surface area contributed by atoms with Gasteiger partial charge in [-0.2, -0.15) is 9.50 Å². The fourth-order valence-electron chi connectivity index (χ4n) is 2.07. The Morgan fingerprint density at radius 2 is 2.09 bits per heavy atom. The Morgan fingerprint density at radius 3 is 2.73 bits per heavy atom. The van der Waals surface area contributed by atoms with Crippen LogP contribution in [0.3, 0.4) is 0 Å². The highest BCUT2D eigenvalue weighted by molar-refractivity contribution is 7.98. The molecule has 3 aromatic rings. The molecule has 6 nitrogen and oxygen atoms in total. The van der Waals surface area contributed by atoms with Gasteiger partial charge in [-0.3, -0.25) is 4.79 Å². The molecule has 3 aromatic heterocycles. The minimum atomic E-state index is -0.368. The van der Waals surface area contributed by atoms with E-state index in [0.717, 1.165) is 5.56 Å². The van der Waals surface area contributed by atoms with E-state index in [4.69, 9.17) is 23.2 Å². The van der Waals surface area contributed by atoms with Crippen molar-refractivity contribution in [2.75, 3.05) is 6.26 Å². The van der Waals surface area contributed by atoms with Crippen molar-refractivity contribution in [3.8, 4) is 0 Å². The third-order valence-electron chi connectivity index (χ3n) is 3.23. The number of pyridine rings is 1. The molecule has 0 aliphatic rings. The molecule has 0 amide bonds. The molecule has 0 unspecified atom stereocenters. The first-order valence-corrected chi connectivity index (χ1v) is 8.29. The molecule has 3 rings (SSSR count). The van der Waals surface area contributed by atoms with Gasteiger partial charge in [0.25, 0.3) is 5.56 Å². The predicted octanol–water partition coefficient (Wildman–Crippen LogP) is 2.67. The third-order valence-corrected chi connectivity index (χ3v) is 4.42. The van der Waals surface area contributed by atoms with Crippen LogP contribution < -0.4 is 5.56 Å². The lowest BCUT2D eigenvalue weighted by Gasteiger charge is -2.12. The Bertz CT molecular complexity index is 903. The van der Waals surface area contributed by atoms with Crippen LogP contribution in [0.25, 0.3) is 5.78 Å². The summed E-state index contributed by atoms with van der Waals surface area (Å²) < 4.78 is 3.06. The van der Waals surface area contributed by atoms with E-state index >= 15 is 0 Å². The molecule has 0 bridgehead atoms. The van der Waals surface area contributed by atoms with Gasteiger partial charge in [-0.15, -0.1) is 5.10 Å². The maximum Gasteiger partial charge on any atom is 0.294 e. The van der Waals surface area contributed by atoms with E-state index in [9.17, 15) is 4.79 Å². The quantitative estimate of drug-likeness (QED) is 0.533. The molecule has 0 atom stereocenters. The number of nitrogens with zero attached hydrogens (tertiary/aromatic N) is 5. The van der Waals surface area contributed by atoms with Crippen LogP contribution >= 0.6 is 35.0 Å². The van der Waals surface area contributed by atoms with Crippen LogP contribution in [0.15, 0.2) is 28.3 Å². The van der Waals surface area contributed by atoms with Crippen LogP contribution in [0.2, 0.25) is 10.2 Å². The number of thioether (sulfide) groups is 1. The zero-order chi connectivity index (χ0) is 15.9. The van der Waals surface area contributed by atoms with Gasteiger partial charge >= 0.3 is 0 Å². The van der Waals surface area contributed by atoms with E-state index < -0.39 is 0 Å². The van der Waals surface area contributed by atoms with Gasteiger partial charge < -0.3 is 4.57 Å². The topological polar surface area (TPSA) is 65.1 Å². The number of fused-ring (bicyclic) bond motifs is 1. The molecule has 114 valence electrons. The highest BCUT2D eigenvalue weighted by Gasteiger charge is 2.16. The van der Waals surface area contributed by atoms with Crippen LogP contribution in [0, 0.1) is 6.92 Å². The van der Waals surface area contributed by atoms with Gasteiger partial charge in [0, 0.05) is 11.9 Å². The first-order valence-electron chi connectivity index (χ1n) is 6.31. The molecule has 0 fully saturated rings. The van der Waals surface area contributed by atoms with E-state index in [1.54, 1.807) is 19.2 Å². The highest BCUT2D eigenvalue weighted by Crippen LogP contribution is 2.18.